The molecule has 122 valence electrons. The van der Waals surface area contributed by atoms with Crippen molar-refractivity contribution in [1.29, 1.82) is 0 Å². The molecular weight excluding hydrogens is 342 g/mol. The number of thioether (sulfide) groups is 1. The van der Waals surface area contributed by atoms with E-state index in [4.69, 9.17) is 5.10 Å². The molecule has 0 radical (unpaired) electrons. The van der Waals surface area contributed by atoms with Gasteiger partial charge in [-0.25, -0.2) is 4.68 Å². The van der Waals surface area contributed by atoms with Gasteiger partial charge in [0.2, 0.25) is 0 Å². The van der Waals surface area contributed by atoms with Gasteiger partial charge >= 0.3 is 5.97 Å². The van der Waals surface area contributed by atoms with Gasteiger partial charge in [-0.15, -0.1) is 23.1 Å². The first-order chi connectivity index (χ1) is 11.7. The van der Waals surface area contributed by atoms with Gasteiger partial charge in [-0.2, -0.15) is 5.10 Å². The second-order valence-electron chi connectivity index (χ2n) is 5.46. The Labute approximate surface area is 147 Å². The zero-order valence-electron chi connectivity index (χ0n) is 12.6. The van der Waals surface area contributed by atoms with Crippen LogP contribution in [0, 0.1) is 0 Å². The quantitative estimate of drug-likeness (QED) is 0.749. The van der Waals surface area contributed by atoms with E-state index in [2.05, 4.69) is 5.32 Å². The van der Waals surface area contributed by atoms with Gasteiger partial charge in [-0.1, -0.05) is 24.3 Å². The highest BCUT2D eigenvalue weighted by Crippen LogP contribution is 2.39. The van der Waals surface area contributed by atoms with Crippen LogP contribution in [0.5, 0.6) is 0 Å². The molecule has 1 saturated heterocycles. The number of hydrogen-bond acceptors (Lipinski definition) is 5. The fourth-order valence-corrected chi connectivity index (χ4v) is 4.66. The van der Waals surface area contributed by atoms with E-state index in [0.29, 0.717) is 5.75 Å². The molecule has 1 aromatic carbocycles. The second kappa shape index (κ2) is 6.43. The first-order valence-electron chi connectivity index (χ1n) is 7.51. The van der Waals surface area contributed by atoms with Crippen LogP contribution in [0.1, 0.15) is 10.9 Å². The summed E-state index contributed by atoms with van der Waals surface area (Å²) in [7, 11) is 0. The maximum atomic E-state index is 11.2. The van der Waals surface area contributed by atoms with Gasteiger partial charge in [0.15, 0.2) is 0 Å². The van der Waals surface area contributed by atoms with Gasteiger partial charge in [-0.3, -0.25) is 10.1 Å². The third-order valence-electron chi connectivity index (χ3n) is 3.88. The second-order valence-corrected chi connectivity index (χ2v) is 7.55. The molecule has 0 bridgehead atoms. The molecule has 0 saturated carbocycles. The number of thiophene rings is 1. The summed E-state index contributed by atoms with van der Waals surface area (Å²) in [4.78, 5) is 12.3. The Morgan fingerprint density at radius 2 is 2.08 bits per heavy atom. The van der Waals surface area contributed by atoms with Crippen molar-refractivity contribution in [3.63, 3.8) is 0 Å². The number of aliphatic carboxylic acids is 1. The van der Waals surface area contributed by atoms with Crippen LogP contribution in [0.15, 0.2) is 54.0 Å². The number of carbonyl (C=O) groups is 1. The molecule has 0 unspecified atom stereocenters. The molecule has 2 aromatic heterocycles. The highest BCUT2D eigenvalue weighted by Gasteiger charge is 2.33. The van der Waals surface area contributed by atoms with Gasteiger partial charge in [-0.05, 0) is 23.6 Å². The lowest BCUT2D eigenvalue weighted by molar-refractivity contribution is -0.138. The van der Waals surface area contributed by atoms with Gasteiger partial charge < -0.3 is 5.11 Å². The third-order valence-corrected chi connectivity index (χ3v) is 6.01. The van der Waals surface area contributed by atoms with Crippen molar-refractivity contribution >= 4 is 29.1 Å². The van der Waals surface area contributed by atoms with Crippen LogP contribution in [0.25, 0.3) is 16.3 Å². The lowest BCUT2D eigenvalue weighted by Crippen LogP contribution is -2.33. The van der Waals surface area contributed by atoms with Crippen LogP contribution >= 0.6 is 23.1 Å². The van der Waals surface area contributed by atoms with Crippen molar-refractivity contribution in [2.24, 2.45) is 0 Å². The Kier molecular flexibility index (Phi) is 4.13. The fraction of sp³-hybridized carbons (Fsp3) is 0.176. The molecule has 24 heavy (non-hydrogen) atoms. The minimum Gasteiger partial charge on any atom is -0.480 e. The summed E-state index contributed by atoms with van der Waals surface area (Å²) in [5.74, 6) is -0.251. The number of nitrogens with zero attached hydrogens (tertiary/aromatic N) is 2. The van der Waals surface area contributed by atoms with E-state index in [9.17, 15) is 9.90 Å². The highest BCUT2D eigenvalue weighted by atomic mass is 32.2. The number of carboxylic acids is 1. The molecule has 1 aliphatic heterocycles. The standard InChI is InChI=1S/C17H15N3O2S2/c21-17(22)13-10-24-16(18-13)12-9-20(11-5-2-1-3-6-11)19-15(12)14-7-4-8-23-14/h1-9,13,16,18H,10H2,(H,21,22)/t13-,16+/m0/s1. The minimum absolute atomic E-state index is 0.0688. The minimum atomic E-state index is -0.807. The fourth-order valence-electron chi connectivity index (χ4n) is 2.69. The zero-order valence-corrected chi connectivity index (χ0v) is 14.3. The Bertz CT molecular complexity index is 846. The summed E-state index contributed by atoms with van der Waals surface area (Å²) < 4.78 is 1.86. The smallest absolute Gasteiger partial charge is 0.321 e. The predicted octanol–water partition coefficient (Wildman–Crippen LogP) is 3.39. The number of carboxylic acid groups (broad SMARTS) is 1. The van der Waals surface area contributed by atoms with E-state index < -0.39 is 12.0 Å². The number of para-hydroxylation sites is 1. The number of aromatic nitrogens is 2. The van der Waals surface area contributed by atoms with Gasteiger partial charge in [0.05, 0.1) is 15.9 Å². The molecule has 2 atom stereocenters. The Morgan fingerprint density at radius 3 is 2.75 bits per heavy atom. The van der Waals surface area contributed by atoms with Crippen LogP contribution in [0.3, 0.4) is 0 Å². The lowest BCUT2D eigenvalue weighted by atomic mass is 10.2. The molecule has 3 aromatic rings. The van der Waals surface area contributed by atoms with Crippen molar-refractivity contribution in [1.82, 2.24) is 15.1 Å². The van der Waals surface area contributed by atoms with Crippen molar-refractivity contribution in [2.45, 2.75) is 11.4 Å². The zero-order chi connectivity index (χ0) is 16.5. The first-order valence-corrected chi connectivity index (χ1v) is 9.44. The third kappa shape index (κ3) is 2.86. The van der Waals surface area contributed by atoms with Crippen LogP contribution < -0.4 is 5.32 Å². The molecule has 4 rings (SSSR count). The van der Waals surface area contributed by atoms with E-state index >= 15 is 0 Å². The molecule has 0 amide bonds. The Hall–Kier alpha value is -2.09. The molecule has 3 heterocycles. The summed E-state index contributed by atoms with van der Waals surface area (Å²) in [5.41, 5.74) is 2.92. The van der Waals surface area contributed by atoms with Crippen LogP contribution in [0.2, 0.25) is 0 Å². The molecule has 7 heteroatoms. The summed E-state index contributed by atoms with van der Waals surface area (Å²) in [6, 6.07) is 13.5. The van der Waals surface area contributed by atoms with Crippen molar-refractivity contribution < 1.29 is 9.90 Å². The Morgan fingerprint density at radius 1 is 1.25 bits per heavy atom. The molecule has 0 aliphatic carbocycles. The number of nitrogens with one attached hydrogen (secondary N) is 1. The predicted molar refractivity (Wildman–Crippen MR) is 96.6 cm³/mol. The molecule has 0 spiro atoms. The molecule has 1 fully saturated rings. The highest BCUT2D eigenvalue weighted by molar-refractivity contribution is 7.99. The van der Waals surface area contributed by atoms with Crippen molar-refractivity contribution in [3.05, 3.63) is 59.6 Å². The van der Waals surface area contributed by atoms with E-state index in [1.807, 2.05) is 58.7 Å². The number of benzene rings is 1. The van der Waals surface area contributed by atoms with Gasteiger partial charge in [0, 0.05) is 17.5 Å². The average molecular weight is 357 g/mol. The SMILES string of the molecule is O=C(O)[C@@H]1CS[C@H](c2cn(-c3ccccc3)nc2-c2cccs2)N1. The summed E-state index contributed by atoms with van der Waals surface area (Å²) >= 11 is 3.25. The van der Waals surface area contributed by atoms with E-state index in [1.165, 1.54) is 0 Å². The summed E-state index contributed by atoms with van der Waals surface area (Å²) in [6.07, 6.45) is 2.00. The van der Waals surface area contributed by atoms with Gasteiger partial charge in [0.1, 0.15) is 11.7 Å². The molecule has 2 N–H and O–H groups in total. The normalized spacial score (nSPS) is 20.3. The van der Waals surface area contributed by atoms with Crippen LogP contribution in [-0.4, -0.2) is 32.7 Å². The monoisotopic (exact) mass is 357 g/mol. The number of hydrogen-bond donors (Lipinski definition) is 2. The first kappa shape index (κ1) is 15.4. The molecular formula is C17H15N3O2S2. The molecule has 1 aliphatic rings. The maximum absolute atomic E-state index is 11.2. The van der Waals surface area contributed by atoms with E-state index in [0.717, 1.165) is 21.8 Å². The van der Waals surface area contributed by atoms with Crippen LogP contribution in [-0.2, 0) is 4.79 Å². The van der Waals surface area contributed by atoms with Crippen molar-refractivity contribution in [2.75, 3.05) is 5.75 Å². The number of rotatable bonds is 4. The van der Waals surface area contributed by atoms with Crippen molar-refractivity contribution in [3.8, 4) is 16.3 Å². The Balaban J connectivity index is 1.75. The van der Waals surface area contributed by atoms with Crippen LogP contribution in [0.4, 0.5) is 0 Å². The maximum Gasteiger partial charge on any atom is 0.321 e. The van der Waals surface area contributed by atoms with E-state index in [-0.39, 0.29) is 5.37 Å². The summed E-state index contributed by atoms with van der Waals surface area (Å²) in [6.45, 7) is 0. The van der Waals surface area contributed by atoms with Gasteiger partial charge in [0.25, 0.3) is 0 Å². The molecule has 5 nitrogen and oxygen atoms in total. The largest absolute Gasteiger partial charge is 0.480 e. The lowest BCUT2D eigenvalue weighted by Gasteiger charge is -2.10. The topological polar surface area (TPSA) is 67.1 Å². The average Bonchev–Trinajstić information content (AvgIpc) is 3.33. The summed E-state index contributed by atoms with van der Waals surface area (Å²) in [5, 5.41) is 19.1. The van der Waals surface area contributed by atoms with E-state index in [1.54, 1.807) is 23.1 Å².